The molecular weight excluding hydrogens is 408 g/mol. The van der Waals surface area contributed by atoms with Crippen LogP contribution in [0.1, 0.15) is 19.6 Å². The lowest BCUT2D eigenvalue weighted by atomic mass is 10.3. The molecule has 0 saturated heterocycles. The van der Waals surface area contributed by atoms with Crippen LogP contribution in [-0.2, 0) is 16.1 Å². The average Bonchev–Trinajstić information content (AvgIpc) is 3.25. The molecule has 3 aromatic rings. The number of hydrogen-bond acceptors (Lipinski definition) is 8. The van der Waals surface area contributed by atoms with Crippen molar-refractivity contribution >= 4 is 50.7 Å². The van der Waals surface area contributed by atoms with Crippen LogP contribution in [0.2, 0.25) is 5.02 Å². The van der Waals surface area contributed by atoms with E-state index in [0.717, 1.165) is 10.2 Å². The van der Waals surface area contributed by atoms with E-state index in [9.17, 15) is 14.9 Å². The first-order chi connectivity index (χ1) is 13.4. The highest BCUT2D eigenvalue weighted by atomic mass is 35.5. The van der Waals surface area contributed by atoms with Gasteiger partial charge in [0.05, 0.1) is 22.9 Å². The van der Waals surface area contributed by atoms with Crippen LogP contribution >= 0.6 is 22.9 Å². The van der Waals surface area contributed by atoms with Crippen LogP contribution in [0.15, 0.2) is 45.0 Å². The molecule has 0 spiro atoms. The van der Waals surface area contributed by atoms with Gasteiger partial charge < -0.3 is 13.7 Å². The number of furan rings is 1. The summed E-state index contributed by atoms with van der Waals surface area (Å²) in [5.74, 6) is -0.545. The number of nitro groups is 1. The zero-order chi connectivity index (χ0) is 20.3. The maximum absolute atomic E-state index is 12.0. The Labute approximate surface area is 167 Å². The molecule has 11 heteroatoms. The van der Waals surface area contributed by atoms with E-state index in [4.69, 9.17) is 20.8 Å². The molecule has 0 aliphatic heterocycles. The summed E-state index contributed by atoms with van der Waals surface area (Å²) in [5.41, 5.74) is 1.12. The van der Waals surface area contributed by atoms with E-state index in [1.54, 1.807) is 36.6 Å². The highest BCUT2D eigenvalue weighted by Gasteiger charge is 2.14. The smallest absolute Gasteiger partial charge is 0.433 e. The Hall–Kier alpha value is -2.98. The van der Waals surface area contributed by atoms with E-state index in [0.29, 0.717) is 15.5 Å². The Balaban J connectivity index is 2.04. The third-order valence-corrected chi connectivity index (χ3v) is 4.92. The number of esters is 1. The summed E-state index contributed by atoms with van der Waals surface area (Å²) in [4.78, 5) is 22.5. The van der Waals surface area contributed by atoms with Gasteiger partial charge in [-0.2, -0.15) is 0 Å². The zero-order valence-electron chi connectivity index (χ0n) is 14.9. The summed E-state index contributed by atoms with van der Waals surface area (Å²) in [7, 11) is 0. The first-order valence-corrected chi connectivity index (χ1v) is 9.36. The first-order valence-electron chi connectivity index (χ1n) is 8.16. The van der Waals surface area contributed by atoms with Gasteiger partial charge in [0, 0.05) is 5.02 Å². The average molecular weight is 423 g/mol. The normalized spacial score (nSPS) is 12.5. The Kier molecular flexibility index (Phi) is 5.90. The van der Waals surface area contributed by atoms with E-state index < -0.39 is 10.9 Å². The molecule has 1 aromatic carbocycles. The van der Waals surface area contributed by atoms with Gasteiger partial charge in [0.15, 0.2) is 5.76 Å². The van der Waals surface area contributed by atoms with Gasteiger partial charge in [0.25, 0.3) is 0 Å². The van der Waals surface area contributed by atoms with Crippen LogP contribution in [0.25, 0.3) is 10.2 Å². The molecule has 0 unspecified atom stereocenters. The summed E-state index contributed by atoms with van der Waals surface area (Å²) >= 11 is 7.35. The van der Waals surface area contributed by atoms with Crippen LogP contribution < -0.4 is 4.80 Å². The van der Waals surface area contributed by atoms with Crippen molar-refractivity contribution in [1.29, 1.82) is 0 Å². The molecule has 0 radical (unpaired) electrons. The van der Waals surface area contributed by atoms with E-state index in [1.807, 2.05) is 0 Å². The minimum Gasteiger partial charge on any atom is -0.465 e. The van der Waals surface area contributed by atoms with Gasteiger partial charge in [-0.05, 0) is 38.1 Å². The quantitative estimate of drug-likeness (QED) is 0.260. The monoisotopic (exact) mass is 422 g/mol. The van der Waals surface area contributed by atoms with Crippen molar-refractivity contribution in [3.63, 3.8) is 0 Å². The van der Waals surface area contributed by atoms with E-state index in [-0.39, 0.29) is 24.8 Å². The van der Waals surface area contributed by atoms with Crippen LogP contribution in [0.3, 0.4) is 0 Å². The Morgan fingerprint density at radius 2 is 2.18 bits per heavy atom. The van der Waals surface area contributed by atoms with E-state index >= 15 is 0 Å². The van der Waals surface area contributed by atoms with E-state index in [1.165, 1.54) is 23.5 Å². The fraction of sp³-hybridized carbons (Fsp3) is 0.235. The van der Waals surface area contributed by atoms with Crippen molar-refractivity contribution in [2.24, 2.45) is 10.2 Å². The number of benzene rings is 1. The number of aromatic nitrogens is 1. The number of nitrogens with zero attached hydrogens (tertiary/aromatic N) is 4. The van der Waals surface area contributed by atoms with Gasteiger partial charge in [0.2, 0.25) is 4.80 Å². The third kappa shape index (κ3) is 4.29. The van der Waals surface area contributed by atoms with E-state index in [2.05, 4.69) is 10.2 Å². The largest absolute Gasteiger partial charge is 0.465 e. The SMILES string of the molecule is CCOC(=O)Cn1c(=NN=C(C)c2ccc([N+](=O)[O-])o2)sc2cc(Cl)ccc21. The number of hydrogen-bond donors (Lipinski definition) is 0. The molecule has 146 valence electrons. The molecule has 0 aliphatic rings. The van der Waals surface area contributed by atoms with Gasteiger partial charge in [-0.1, -0.05) is 22.9 Å². The molecule has 0 amide bonds. The van der Waals surface area contributed by atoms with Gasteiger partial charge in [-0.3, -0.25) is 14.9 Å². The Morgan fingerprint density at radius 3 is 2.86 bits per heavy atom. The van der Waals surface area contributed by atoms with Gasteiger partial charge in [-0.15, -0.1) is 10.2 Å². The highest BCUT2D eigenvalue weighted by molar-refractivity contribution is 7.16. The lowest BCUT2D eigenvalue weighted by Gasteiger charge is -2.04. The molecular formula is C17H15ClN4O5S. The molecule has 2 heterocycles. The van der Waals surface area contributed by atoms with Crippen LogP contribution in [0.5, 0.6) is 0 Å². The maximum Gasteiger partial charge on any atom is 0.433 e. The van der Waals surface area contributed by atoms with Crippen LogP contribution in [0.4, 0.5) is 5.88 Å². The standard InChI is InChI=1S/C17H15ClN4O5S/c1-3-26-16(23)9-21-12-5-4-11(18)8-14(12)28-17(21)20-19-10(2)13-6-7-15(27-13)22(24)25/h4-8H,3,9H2,1-2H3. The maximum atomic E-state index is 12.0. The van der Waals surface area contributed by atoms with Crippen molar-refractivity contribution in [2.75, 3.05) is 6.61 Å². The van der Waals surface area contributed by atoms with Gasteiger partial charge >= 0.3 is 11.9 Å². The van der Waals surface area contributed by atoms with Crippen LogP contribution in [0, 0.1) is 10.1 Å². The predicted molar refractivity (Wildman–Crippen MR) is 105 cm³/mol. The van der Waals surface area contributed by atoms with Crippen molar-refractivity contribution in [2.45, 2.75) is 20.4 Å². The number of ether oxygens (including phenoxy) is 1. The van der Waals surface area contributed by atoms with Crippen molar-refractivity contribution in [3.05, 3.63) is 56.0 Å². The molecule has 3 rings (SSSR count). The lowest BCUT2D eigenvalue weighted by Crippen LogP contribution is -2.21. The molecule has 28 heavy (non-hydrogen) atoms. The molecule has 2 aromatic heterocycles. The fourth-order valence-electron chi connectivity index (χ4n) is 2.40. The number of rotatable bonds is 6. The first kappa shape index (κ1) is 19.8. The topological polar surface area (TPSA) is 112 Å². The van der Waals surface area contributed by atoms with Crippen molar-refractivity contribution in [1.82, 2.24) is 4.57 Å². The predicted octanol–water partition coefficient (Wildman–Crippen LogP) is 3.75. The van der Waals surface area contributed by atoms with Crippen molar-refractivity contribution in [3.8, 4) is 0 Å². The number of carbonyl (C=O) groups excluding carboxylic acids is 1. The second-order valence-electron chi connectivity index (χ2n) is 5.57. The molecule has 0 atom stereocenters. The summed E-state index contributed by atoms with van der Waals surface area (Å²) in [6, 6.07) is 7.98. The Bertz CT molecular complexity index is 1140. The lowest BCUT2D eigenvalue weighted by molar-refractivity contribution is -0.402. The van der Waals surface area contributed by atoms with Crippen molar-refractivity contribution < 1.29 is 18.9 Å². The molecule has 0 saturated carbocycles. The second-order valence-corrected chi connectivity index (χ2v) is 7.01. The summed E-state index contributed by atoms with van der Waals surface area (Å²) in [6.07, 6.45) is 0. The summed E-state index contributed by atoms with van der Waals surface area (Å²) < 4.78 is 12.6. The van der Waals surface area contributed by atoms with Gasteiger partial charge in [0.1, 0.15) is 17.2 Å². The summed E-state index contributed by atoms with van der Waals surface area (Å²) in [5, 5.41) is 19.6. The zero-order valence-corrected chi connectivity index (χ0v) is 16.5. The molecule has 0 fully saturated rings. The molecule has 0 N–H and O–H groups in total. The molecule has 9 nitrogen and oxygen atoms in total. The van der Waals surface area contributed by atoms with Gasteiger partial charge in [-0.25, -0.2) is 0 Å². The highest BCUT2D eigenvalue weighted by Crippen LogP contribution is 2.22. The number of halogens is 1. The number of carbonyl (C=O) groups is 1. The Morgan fingerprint density at radius 1 is 1.39 bits per heavy atom. The number of fused-ring (bicyclic) bond motifs is 1. The second kappa shape index (κ2) is 8.36. The minimum atomic E-state index is -0.628. The van der Waals surface area contributed by atoms with Crippen LogP contribution in [-0.4, -0.2) is 27.8 Å². The summed E-state index contributed by atoms with van der Waals surface area (Å²) in [6.45, 7) is 3.59. The number of thiazole rings is 1. The minimum absolute atomic E-state index is 0.0326. The molecule has 0 bridgehead atoms. The third-order valence-electron chi connectivity index (χ3n) is 3.65. The molecule has 0 aliphatic carbocycles. The fourth-order valence-corrected chi connectivity index (χ4v) is 3.66.